The zero-order valence-electron chi connectivity index (χ0n) is 8.82. The molecule has 4 heteroatoms. The number of thioether (sulfide) groups is 1. The van der Waals surface area contributed by atoms with Gasteiger partial charge in [0.05, 0.1) is 5.01 Å². The van der Waals surface area contributed by atoms with Crippen LogP contribution in [0.2, 0.25) is 0 Å². The third-order valence-electron chi connectivity index (χ3n) is 1.96. The summed E-state index contributed by atoms with van der Waals surface area (Å²) in [7, 11) is 0. The monoisotopic (exact) mass is 230 g/mol. The van der Waals surface area contributed by atoms with Gasteiger partial charge in [0, 0.05) is 29.8 Å². The van der Waals surface area contributed by atoms with Crippen molar-refractivity contribution in [1.82, 2.24) is 10.3 Å². The molecule has 1 aromatic rings. The number of hydrogen-bond acceptors (Lipinski definition) is 4. The fraction of sp³-hybridized carbons (Fsp3) is 0.700. The number of nitrogens with one attached hydrogen (secondary N) is 1. The SMILES string of the molecule is CCCNC(CSC)Cc1nccs1. The van der Waals surface area contributed by atoms with Crippen LogP contribution in [0, 0.1) is 0 Å². The quantitative estimate of drug-likeness (QED) is 0.778. The number of thiazole rings is 1. The Morgan fingerprint density at radius 1 is 1.64 bits per heavy atom. The molecule has 80 valence electrons. The van der Waals surface area contributed by atoms with Crippen LogP contribution < -0.4 is 5.32 Å². The van der Waals surface area contributed by atoms with E-state index in [4.69, 9.17) is 0 Å². The van der Waals surface area contributed by atoms with Crippen LogP contribution in [0.15, 0.2) is 11.6 Å². The standard InChI is InChI=1S/C10H18N2S2/c1-3-4-11-9(8-13-2)7-10-12-5-6-14-10/h5-6,9,11H,3-4,7-8H2,1-2H3. The predicted molar refractivity (Wildman–Crippen MR) is 66.3 cm³/mol. The summed E-state index contributed by atoms with van der Waals surface area (Å²) in [6, 6.07) is 0.580. The Labute approximate surface area is 94.5 Å². The summed E-state index contributed by atoms with van der Waals surface area (Å²) in [6.07, 6.45) is 6.31. The van der Waals surface area contributed by atoms with E-state index in [2.05, 4.69) is 23.5 Å². The van der Waals surface area contributed by atoms with Crippen molar-refractivity contribution in [2.24, 2.45) is 0 Å². The highest BCUT2D eigenvalue weighted by Crippen LogP contribution is 2.09. The van der Waals surface area contributed by atoms with Gasteiger partial charge in [-0.1, -0.05) is 6.92 Å². The first kappa shape index (κ1) is 12.0. The Balaban J connectivity index is 2.34. The van der Waals surface area contributed by atoms with Crippen molar-refractivity contribution in [3.05, 3.63) is 16.6 Å². The molecule has 0 radical (unpaired) electrons. The van der Waals surface area contributed by atoms with Gasteiger partial charge in [0.15, 0.2) is 0 Å². The van der Waals surface area contributed by atoms with Gasteiger partial charge >= 0.3 is 0 Å². The smallest absolute Gasteiger partial charge is 0.0940 e. The van der Waals surface area contributed by atoms with Gasteiger partial charge in [-0.05, 0) is 19.2 Å². The molecule has 2 nitrogen and oxygen atoms in total. The van der Waals surface area contributed by atoms with Gasteiger partial charge in [0.25, 0.3) is 0 Å². The van der Waals surface area contributed by atoms with E-state index >= 15 is 0 Å². The lowest BCUT2D eigenvalue weighted by Gasteiger charge is -2.15. The maximum atomic E-state index is 4.32. The Morgan fingerprint density at radius 2 is 2.50 bits per heavy atom. The van der Waals surface area contributed by atoms with E-state index in [0.717, 1.165) is 13.0 Å². The molecule has 0 saturated carbocycles. The van der Waals surface area contributed by atoms with Gasteiger partial charge in [-0.25, -0.2) is 4.98 Å². The minimum absolute atomic E-state index is 0.580. The van der Waals surface area contributed by atoms with Crippen LogP contribution in [0.25, 0.3) is 0 Å². The van der Waals surface area contributed by atoms with Crippen LogP contribution in [-0.4, -0.2) is 29.6 Å². The van der Waals surface area contributed by atoms with Gasteiger partial charge in [0.1, 0.15) is 0 Å². The fourth-order valence-electron chi connectivity index (χ4n) is 1.30. The number of rotatable bonds is 7. The molecule has 1 heterocycles. The average Bonchev–Trinajstić information content (AvgIpc) is 2.67. The molecule has 1 rings (SSSR count). The van der Waals surface area contributed by atoms with E-state index in [9.17, 15) is 0 Å². The lowest BCUT2D eigenvalue weighted by atomic mass is 10.2. The Hall–Kier alpha value is -0.0600. The molecule has 1 atom stereocenters. The molecule has 0 spiro atoms. The number of nitrogens with zero attached hydrogens (tertiary/aromatic N) is 1. The molecular weight excluding hydrogens is 212 g/mol. The molecule has 14 heavy (non-hydrogen) atoms. The summed E-state index contributed by atoms with van der Waals surface area (Å²) in [6.45, 7) is 3.31. The predicted octanol–water partition coefficient (Wildman–Crippen LogP) is 2.42. The van der Waals surface area contributed by atoms with E-state index in [-0.39, 0.29) is 0 Å². The molecule has 1 unspecified atom stereocenters. The van der Waals surface area contributed by atoms with Crippen molar-refractivity contribution in [2.45, 2.75) is 25.8 Å². The minimum Gasteiger partial charge on any atom is -0.313 e. The zero-order chi connectivity index (χ0) is 10.2. The van der Waals surface area contributed by atoms with Crippen LogP contribution in [0.4, 0.5) is 0 Å². The van der Waals surface area contributed by atoms with Crippen molar-refractivity contribution in [2.75, 3.05) is 18.6 Å². The maximum absolute atomic E-state index is 4.32. The van der Waals surface area contributed by atoms with Crippen LogP contribution in [0.3, 0.4) is 0 Å². The molecule has 0 amide bonds. The molecule has 0 fully saturated rings. The molecule has 0 bridgehead atoms. The highest BCUT2D eigenvalue weighted by molar-refractivity contribution is 7.98. The second kappa shape index (κ2) is 7.26. The summed E-state index contributed by atoms with van der Waals surface area (Å²) < 4.78 is 0. The minimum atomic E-state index is 0.580. The molecule has 0 aromatic carbocycles. The summed E-state index contributed by atoms with van der Waals surface area (Å²) in [5.74, 6) is 1.17. The van der Waals surface area contributed by atoms with Crippen LogP contribution in [-0.2, 0) is 6.42 Å². The normalized spacial score (nSPS) is 13.0. The second-order valence-electron chi connectivity index (χ2n) is 3.24. The Bertz CT molecular complexity index is 224. The average molecular weight is 230 g/mol. The van der Waals surface area contributed by atoms with Gasteiger partial charge in [-0.3, -0.25) is 0 Å². The van der Waals surface area contributed by atoms with Crippen molar-refractivity contribution < 1.29 is 0 Å². The topological polar surface area (TPSA) is 24.9 Å². The summed E-state index contributed by atoms with van der Waals surface area (Å²) in [5.41, 5.74) is 0. The summed E-state index contributed by atoms with van der Waals surface area (Å²) >= 11 is 3.65. The molecular formula is C10H18N2S2. The van der Waals surface area contributed by atoms with Crippen molar-refractivity contribution in [1.29, 1.82) is 0 Å². The van der Waals surface area contributed by atoms with Gasteiger partial charge in [-0.2, -0.15) is 11.8 Å². The highest BCUT2D eigenvalue weighted by atomic mass is 32.2. The molecule has 0 aliphatic heterocycles. The third-order valence-corrected chi connectivity index (χ3v) is 3.49. The molecule has 0 aliphatic rings. The number of aromatic nitrogens is 1. The fourth-order valence-corrected chi connectivity index (χ4v) is 2.64. The molecule has 1 N–H and O–H groups in total. The van der Waals surface area contributed by atoms with Gasteiger partial charge in [-0.15, -0.1) is 11.3 Å². The lowest BCUT2D eigenvalue weighted by molar-refractivity contribution is 0.549. The van der Waals surface area contributed by atoms with E-state index in [1.54, 1.807) is 11.3 Å². The largest absolute Gasteiger partial charge is 0.313 e. The zero-order valence-corrected chi connectivity index (χ0v) is 10.5. The Kier molecular flexibility index (Phi) is 6.23. The first-order valence-corrected chi connectivity index (χ1v) is 7.24. The van der Waals surface area contributed by atoms with Crippen LogP contribution in [0.5, 0.6) is 0 Å². The van der Waals surface area contributed by atoms with Crippen molar-refractivity contribution in [3.8, 4) is 0 Å². The van der Waals surface area contributed by atoms with E-state index in [1.807, 2.05) is 23.3 Å². The first-order chi connectivity index (χ1) is 6.86. The second-order valence-corrected chi connectivity index (χ2v) is 5.13. The van der Waals surface area contributed by atoms with E-state index < -0.39 is 0 Å². The van der Waals surface area contributed by atoms with Gasteiger partial charge < -0.3 is 5.32 Å². The summed E-state index contributed by atoms with van der Waals surface area (Å²) in [4.78, 5) is 4.32. The Morgan fingerprint density at radius 3 is 3.07 bits per heavy atom. The first-order valence-electron chi connectivity index (χ1n) is 4.97. The molecule has 0 saturated heterocycles. The molecule has 1 aromatic heterocycles. The maximum Gasteiger partial charge on any atom is 0.0940 e. The van der Waals surface area contributed by atoms with E-state index in [0.29, 0.717) is 6.04 Å². The van der Waals surface area contributed by atoms with E-state index in [1.165, 1.54) is 17.2 Å². The third kappa shape index (κ3) is 4.44. The van der Waals surface area contributed by atoms with Crippen molar-refractivity contribution >= 4 is 23.1 Å². The molecule has 0 aliphatic carbocycles. The summed E-state index contributed by atoms with van der Waals surface area (Å²) in [5, 5.41) is 6.84. The van der Waals surface area contributed by atoms with Gasteiger partial charge in [0.2, 0.25) is 0 Å². The lowest BCUT2D eigenvalue weighted by Crippen LogP contribution is -2.33. The van der Waals surface area contributed by atoms with Crippen LogP contribution in [0.1, 0.15) is 18.4 Å². The van der Waals surface area contributed by atoms with Crippen molar-refractivity contribution in [3.63, 3.8) is 0 Å². The van der Waals surface area contributed by atoms with Crippen LogP contribution >= 0.6 is 23.1 Å². The number of hydrogen-bond donors (Lipinski definition) is 1. The highest BCUT2D eigenvalue weighted by Gasteiger charge is 2.09.